The zero-order valence-corrected chi connectivity index (χ0v) is 20.3. The largest absolute Gasteiger partial charge is 0.361 e. The summed E-state index contributed by atoms with van der Waals surface area (Å²) in [6.45, 7) is 3.69. The molecule has 3 rings (SSSR count). The number of fused-ring (bicyclic) bond motifs is 1. The summed E-state index contributed by atoms with van der Waals surface area (Å²) in [7, 11) is -1.55. The number of hydrogen-bond donors (Lipinski definition) is 4. The van der Waals surface area contributed by atoms with Crippen molar-refractivity contribution in [1.29, 1.82) is 0 Å². The SMILES string of the molecule is CN=C(NCCc1c[nH]c2cc(C)ccc12)NCCS(=O)(=O)NCC1CCC1.I. The molecule has 29 heavy (non-hydrogen) atoms. The van der Waals surface area contributed by atoms with Crippen molar-refractivity contribution in [3.8, 4) is 0 Å². The van der Waals surface area contributed by atoms with E-state index in [4.69, 9.17) is 0 Å². The predicted molar refractivity (Wildman–Crippen MR) is 131 cm³/mol. The summed E-state index contributed by atoms with van der Waals surface area (Å²) in [5.74, 6) is 1.18. The lowest BCUT2D eigenvalue weighted by atomic mass is 9.86. The van der Waals surface area contributed by atoms with Crippen molar-refractivity contribution in [3.63, 3.8) is 0 Å². The van der Waals surface area contributed by atoms with E-state index in [0.717, 1.165) is 24.8 Å². The van der Waals surface area contributed by atoms with Gasteiger partial charge >= 0.3 is 0 Å². The fourth-order valence-corrected chi connectivity index (χ4v) is 4.37. The van der Waals surface area contributed by atoms with E-state index in [9.17, 15) is 8.42 Å². The maximum atomic E-state index is 12.0. The summed E-state index contributed by atoms with van der Waals surface area (Å²) >= 11 is 0. The van der Waals surface area contributed by atoms with E-state index < -0.39 is 10.0 Å². The summed E-state index contributed by atoms with van der Waals surface area (Å²) in [6.07, 6.45) is 6.38. The minimum Gasteiger partial charge on any atom is -0.361 e. The first-order valence-corrected chi connectivity index (χ1v) is 11.6. The lowest BCUT2D eigenvalue weighted by Gasteiger charge is -2.25. The molecular formula is C20H32IN5O2S. The van der Waals surface area contributed by atoms with Gasteiger partial charge in [-0.1, -0.05) is 18.6 Å². The lowest BCUT2D eigenvalue weighted by molar-refractivity contribution is 0.316. The highest BCUT2D eigenvalue weighted by molar-refractivity contribution is 14.0. The van der Waals surface area contributed by atoms with Gasteiger partial charge in [-0.3, -0.25) is 4.99 Å². The van der Waals surface area contributed by atoms with E-state index in [-0.39, 0.29) is 29.7 Å². The van der Waals surface area contributed by atoms with Gasteiger partial charge in [-0.2, -0.15) is 0 Å². The van der Waals surface area contributed by atoms with Gasteiger partial charge in [0.25, 0.3) is 0 Å². The minimum atomic E-state index is -3.24. The summed E-state index contributed by atoms with van der Waals surface area (Å²) in [4.78, 5) is 7.48. The van der Waals surface area contributed by atoms with Crippen LogP contribution in [0.2, 0.25) is 0 Å². The first-order valence-electron chi connectivity index (χ1n) is 9.95. The van der Waals surface area contributed by atoms with E-state index in [2.05, 4.69) is 50.5 Å². The van der Waals surface area contributed by atoms with E-state index >= 15 is 0 Å². The number of H-pyrrole nitrogens is 1. The number of aromatic amines is 1. The molecule has 0 atom stereocenters. The number of halogens is 1. The summed E-state index contributed by atoms with van der Waals surface area (Å²) in [6, 6.07) is 6.41. The van der Waals surface area contributed by atoms with Crippen LogP contribution in [0, 0.1) is 12.8 Å². The van der Waals surface area contributed by atoms with Crippen molar-refractivity contribution < 1.29 is 8.42 Å². The average Bonchev–Trinajstić information content (AvgIpc) is 3.01. The van der Waals surface area contributed by atoms with Gasteiger partial charge in [0.05, 0.1) is 5.75 Å². The fraction of sp³-hybridized carbons (Fsp3) is 0.550. The van der Waals surface area contributed by atoms with Gasteiger partial charge < -0.3 is 15.6 Å². The van der Waals surface area contributed by atoms with Crippen LogP contribution < -0.4 is 15.4 Å². The maximum absolute atomic E-state index is 12.0. The highest BCUT2D eigenvalue weighted by Crippen LogP contribution is 2.25. The zero-order chi connectivity index (χ0) is 20.0. The van der Waals surface area contributed by atoms with Gasteiger partial charge in [0.2, 0.25) is 10.0 Å². The quantitative estimate of drug-likeness (QED) is 0.226. The van der Waals surface area contributed by atoms with Crippen LogP contribution in [0.4, 0.5) is 0 Å². The predicted octanol–water partition coefficient (Wildman–Crippen LogP) is 2.52. The van der Waals surface area contributed by atoms with Crippen LogP contribution in [0.25, 0.3) is 10.9 Å². The van der Waals surface area contributed by atoms with Crippen LogP contribution >= 0.6 is 24.0 Å². The summed E-state index contributed by atoms with van der Waals surface area (Å²) in [5.41, 5.74) is 3.64. The van der Waals surface area contributed by atoms with Crippen molar-refractivity contribution in [2.45, 2.75) is 32.6 Å². The van der Waals surface area contributed by atoms with Gasteiger partial charge in [0.1, 0.15) is 0 Å². The maximum Gasteiger partial charge on any atom is 0.213 e. The molecule has 1 heterocycles. The molecule has 1 aliphatic carbocycles. The first kappa shape index (κ1) is 23.9. The van der Waals surface area contributed by atoms with E-state index in [1.54, 1.807) is 7.05 Å². The van der Waals surface area contributed by atoms with Gasteiger partial charge in [-0.05, 0) is 49.3 Å². The van der Waals surface area contributed by atoms with Crippen LogP contribution in [0.15, 0.2) is 29.4 Å². The Morgan fingerprint density at radius 3 is 2.69 bits per heavy atom. The molecule has 162 valence electrons. The molecule has 0 saturated heterocycles. The monoisotopic (exact) mass is 533 g/mol. The summed E-state index contributed by atoms with van der Waals surface area (Å²) in [5, 5.41) is 7.56. The molecule has 0 amide bonds. The Bertz CT molecular complexity index is 922. The van der Waals surface area contributed by atoms with Crippen molar-refractivity contribution in [1.82, 2.24) is 20.3 Å². The molecule has 0 aliphatic heterocycles. The van der Waals surface area contributed by atoms with Crippen molar-refractivity contribution in [3.05, 3.63) is 35.5 Å². The topological polar surface area (TPSA) is 98.4 Å². The Labute approximate surface area is 190 Å². The van der Waals surface area contributed by atoms with Crippen LogP contribution in [-0.4, -0.2) is 51.8 Å². The van der Waals surface area contributed by atoms with Gasteiger partial charge in [0, 0.05) is 43.8 Å². The normalized spacial score (nSPS) is 15.0. The Morgan fingerprint density at radius 2 is 2.00 bits per heavy atom. The number of sulfonamides is 1. The molecule has 4 N–H and O–H groups in total. The molecule has 1 fully saturated rings. The molecule has 1 aromatic carbocycles. The Morgan fingerprint density at radius 1 is 1.24 bits per heavy atom. The second-order valence-corrected chi connectivity index (χ2v) is 9.43. The number of nitrogens with zero attached hydrogens (tertiary/aromatic N) is 1. The van der Waals surface area contributed by atoms with E-state index in [1.165, 1.54) is 22.9 Å². The van der Waals surface area contributed by atoms with E-state index in [1.807, 2.05) is 6.20 Å². The third-order valence-corrected chi connectivity index (χ3v) is 6.66. The van der Waals surface area contributed by atoms with Crippen molar-refractivity contribution in [2.75, 3.05) is 32.4 Å². The third-order valence-electron chi connectivity index (χ3n) is 5.31. The average molecular weight is 533 g/mol. The molecule has 1 aromatic heterocycles. The lowest BCUT2D eigenvalue weighted by Crippen LogP contribution is -2.42. The molecule has 0 unspecified atom stereocenters. The molecule has 0 radical (unpaired) electrons. The van der Waals surface area contributed by atoms with Crippen molar-refractivity contribution in [2.24, 2.45) is 10.9 Å². The molecule has 2 aromatic rings. The number of aliphatic imine (C=N–C) groups is 1. The number of aromatic nitrogens is 1. The number of nitrogens with one attached hydrogen (secondary N) is 4. The number of hydrogen-bond acceptors (Lipinski definition) is 3. The van der Waals surface area contributed by atoms with E-state index in [0.29, 0.717) is 31.5 Å². The van der Waals surface area contributed by atoms with Crippen LogP contribution in [-0.2, 0) is 16.4 Å². The highest BCUT2D eigenvalue weighted by Gasteiger charge is 2.20. The first-order chi connectivity index (χ1) is 13.5. The van der Waals surface area contributed by atoms with Crippen LogP contribution in [0.5, 0.6) is 0 Å². The summed E-state index contributed by atoms with van der Waals surface area (Å²) < 4.78 is 26.8. The second kappa shape index (κ2) is 11.2. The molecule has 0 spiro atoms. The van der Waals surface area contributed by atoms with Gasteiger partial charge in [0.15, 0.2) is 5.96 Å². The fourth-order valence-electron chi connectivity index (χ4n) is 3.36. The molecular weight excluding hydrogens is 501 g/mol. The molecule has 0 bridgehead atoms. The Hall–Kier alpha value is -1.33. The zero-order valence-electron chi connectivity index (χ0n) is 17.1. The molecule has 9 heteroatoms. The number of aryl methyl sites for hydroxylation is 1. The minimum absolute atomic E-state index is 0. The van der Waals surface area contributed by atoms with Gasteiger partial charge in [-0.15, -0.1) is 24.0 Å². The van der Waals surface area contributed by atoms with Gasteiger partial charge in [-0.25, -0.2) is 13.1 Å². The highest BCUT2D eigenvalue weighted by atomic mass is 127. The van der Waals surface area contributed by atoms with Crippen LogP contribution in [0.3, 0.4) is 0 Å². The number of rotatable bonds is 9. The molecule has 1 aliphatic rings. The smallest absolute Gasteiger partial charge is 0.213 e. The van der Waals surface area contributed by atoms with Crippen molar-refractivity contribution >= 4 is 50.9 Å². The molecule has 1 saturated carbocycles. The Balaban J connectivity index is 0.00000300. The Kier molecular flexibility index (Phi) is 9.22. The number of benzene rings is 1. The number of guanidine groups is 1. The molecule has 7 nitrogen and oxygen atoms in total. The second-order valence-electron chi connectivity index (χ2n) is 7.50. The van der Waals surface area contributed by atoms with Crippen LogP contribution in [0.1, 0.15) is 30.4 Å². The third kappa shape index (κ3) is 7.14. The standard InChI is InChI=1S/C20H31N5O2S.HI/c1-15-6-7-18-17(14-24-19(18)12-15)8-9-22-20(21-2)23-10-11-28(26,27)25-13-16-4-3-5-16;/h6-7,12,14,16,24-25H,3-5,8-11,13H2,1-2H3,(H2,21,22,23);1H.